The van der Waals surface area contributed by atoms with Crippen LogP contribution in [0.4, 0.5) is 5.69 Å². The van der Waals surface area contributed by atoms with Crippen LogP contribution in [0.15, 0.2) is 48.5 Å². The topological polar surface area (TPSA) is 41.5 Å². The molecule has 1 unspecified atom stereocenters. The first-order valence-corrected chi connectivity index (χ1v) is 7.36. The van der Waals surface area contributed by atoms with Crippen LogP contribution >= 0.6 is 0 Å². The van der Waals surface area contributed by atoms with Gasteiger partial charge in [0.05, 0.1) is 13.2 Å². The molecule has 0 aliphatic rings. The van der Waals surface area contributed by atoms with Crippen molar-refractivity contribution in [1.82, 2.24) is 0 Å². The Kier molecular flexibility index (Phi) is 5.78. The van der Waals surface area contributed by atoms with Gasteiger partial charge in [-0.1, -0.05) is 36.4 Å². The predicted molar refractivity (Wildman–Crippen MR) is 86.2 cm³/mol. The third-order valence-electron chi connectivity index (χ3n) is 3.44. The summed E-state index contributed by atoms with van der Waals surface area (Å²) in [5, 5.41) is 12.7. The summed E-state index contributed by atoms with van der Waals surface area (Å²) < 4.78 is 5.39. The minimum atomic E-state index is 0.0761. The van der Waals surface area contributed by atoms with Crippen molar-refractivity contribution >= 4 is 5.69 Å². The maximum Gasteiger partial charge on any atom is 0.0716 e. The number of anilines is 1. The molecule has 21 heavy (non-hydrogen) atoms. The van der Waals surface area contributed by atoms with Crippen LogP contribution in [-0.2, 0) is 18.0 Å². The first kappa shape index (κ1) is 15.5. The second kappa shape index (κ2) is 7.81. The van der Waals surface area contributed by atoms with Gasteiger partial charge in [-0.15, -0.1) is 0 Å². The molecule has 0 bridgehead atoms. The Morgan fingerprint density at radius 3 is 2.52 bits per heavy atom. The van der Waals surface area contributed by atoms with E-state index < -0.39 is 0 Å². The lowest BCUT2D eigenvalue weighted by atomic mass is 10.0. The molecule has 0 aliphatic heterocycles. The second-order valence-electron chi connectivity index (χ2n) is 5.10. The van der Waals surface area contributed by atoms with E-state index in [0.717, 1.165) is 17.9 Å². The first-order valence-electron chi connectivity index (χ1n) is 7.36. The Morgan fingerprint density at radius 1 is 1.10 bits per heavy atom. The van der Waals surface area contributed by atoms with E-state index in [4.69, 9.17) is 4.74 Å². The molecule has 2 rings (SSSR count). The maximum absolute atomic E-state index is 9.20. The van der Waals surface area contributed by atoms with Crippen LogP contribution in [0.3, 0.4) is 0 Å². The molecule has 0 spiro atoms. The highest BCUT2D eigenvalue weighted by molar-refractivity contribution is 5.46. The quantitative estimate of drug-likeness (QED) is 0.811. The highest BCUT2D eigenvalue weighted by Gasteiger charge is 2.06. The Balaban J connectivity index is 1.99. The van der Waals surface area contributed by atoms with Gasteiger partial charge in [-0.2, -0.15) is 0 Å². The number of rotatable bonds is 7. The van der Waals surface area contributed by atoms with Gasteiger partial charge in [-0.25, -0.2) is 0 Å². The standard InChI is InChI=1S/C18H23NO2/c1-3-21-13-15-7-9-18(10-8-15)19-14(2)17-6-4-5-16(11-17)12-20/h4-11,14,19-20H,3,12-13H2,1-2H3. The van der Waals surface area contributed by atoms with Crippen molar-refractivity contribution in [1.29, 1.82) is 0 Å². The van der Waals surface area contributed by atoms with Gasteiger partial charge in [0.15, 0.2) is 0 Å². The fourth-order valence-corrected chi connectivity index (χ4v) is 2.21. The Hall–Kier alpha value is -1.84. The molecule has 0 saturated heterocycles. The summed E-state index contributed by atoms with van der Waals surface area (Å²) in [6, 6.07) is 16.5. The lowest BCUT2D eigenvalue weighted by Crippen LogP contribution is -2.07. The maximum atomic E-state index is 9.20. The van der Waals surface area contributed by atoms with Gasteiger partial charge in [-0.3, -0.25) is 0 Å². The third-order valence-corrected chi connectivity index (χ3v) is 3.44. The van der Waals surface area contributed by atoms with Crippen molar-refractivity contribution in [2.24, 2.45) is 0 Å². The molecule has 0 heterocycles. The van der Waals surface area contributed by atoms with E-state index in [1.54, 1.807) is 0 Å². The molecule has 2 N–H and O–H groups in total. The van der Waals surface area contributed by atoms with Crippen molar-refractivity contribution in [3.8, 4) is 0 Å². The molecule has 0 amide bonds. The van der Waals surface area contributed by atoms with Crippen molar-refractivity contribution in [2.75, 3.05) is 11.9 Å². The fourth-order valence-electron chi connectivity index (χ4n) is 2.21. The van der Waals surface area contributed by atoms with Gasteiger partial charge in [0.25, 0.3) is 0 Å². The first-order chi connectivity index (χ1) is 10.2. The van der Waals surface area contributed by atoms with Crippen LogP contribution in [0.25, 0.3) is 0 Å². The molecule has 3 nitrogen and oxygen atoms in total. The van der Waals surface area contributed by atoms with E-state index in [2.05, 4.69) is 42.6 Å². The average Bonchev–Trinajstić information content (AvgIpc) is 2.54. The van der Waals surface area contributed by atoms with Crippen molar-refractivity contribution in [3.05, 3.63) is 65.2 Å². The average molecular weight is 285 g/mol. The molecular weight excluding hydrogens is 262 g/mol. The SMILES string of the molecule is CCOCc1ccc(NC(C)c2cccc(CO)c2)cc1. The number of nitrogens with one attached hydrogen (secondary N) is 1. The van der Waals surface area contributed by atoms with Crippen molar-refractivity contribution in [2.45, 2.75) is 33.1 Å². The summed E-state index contributed by atoms with van der Waals surface area (Å²) >= 11 is 0. The van der Waals surface area contributed by atoms with Crippen molar-refractivity contribution < 1.29 is 9.84 Å². The summed E-state index contributed by atoms with van der Waals surface area (Å²) in [6.45, 7) is 5.58. The number of hydrogen-bond acceptors (Lipinski definition) is 3. The van der Waals surface area contributed by atoms with Gasteiger partial charge in [0, 0.05) is 18.3 Å². The molecular formula is C18H23NO2. The van der Waals surface area contributed by atoms with E-state index >= 15 is 0 Å². The lowest BCUT2D eigenvalue weighted by molar-refractivity contribution is 0.134. The number of hydrogen-bond donors (Lipinski definition) is 2. The van der Waals surface area contributed by atoms with E-state index in [0.29, 0.717) is 6.61 Å². The molecule has 0 aliphatic carbocycles. The molecule has 0 saturated carbocycles. The smallest absolute Gasteiger partial charge is 0.0716 e. The minimum absolute atomic E-state index is 0.0761. The van der Waals surface area contributed by atoms with Gasteiger partial charge < -0.3 is 15.2 Å². The van der Waals surface area contributed by atoms with Crippen LogP contribution in [0.5, 0.6) is 0 Å². The van der Waals surface area contributed by atoms with Crippen LogP contribution in [0.1, 0.15) is 36.6 Å². The molecule has 0 fully saturated rings. The number of aliphatic hydroxyl groups is 1. The highest BCUT2D eigenvalue weighted by Crippen LogP contribution is 2.20. The lowest BCUT2D eigenvalue weighted by Gasteiger charge is -2.17. The van der Waals surface area contributed by atoms with Crippen LogP contribution in [0.2, 0.25) is 0 Å². The van der Waals surface area contributed by atoms with E-state index in [1.165, 1.54) is 11.1 Å². The summed E-state index contributed by atoms with van der Waals surface area (Å²) in [5.41, 5.74) is 4.36. The fraction of sp³-hybridized carbons (Fsp3) is 0.333. The third kappa shape index (κ3) is 4.59. The zero-order valence-corrected chi connectivity index (χ0v) is 12.7. The Morgan fingerprint density at radius 2 is 1.86 bits per heavy atom. The molecule has 0 aromatic heterocycles. The normalized spacial score (nSPS) is 12.1. The molecule has 3 heteroatoms. The van der Waals surface area contributed by atoms with Gasteiger partial charge >= 0.3 is 0 Å². The van der Waals surface area contributed by atoms with Gasteiger partial charge in [-0.05, 0) is 42.7 Å². The Bertz CT molecular complexity index is 551. The number of benzene rings is 2. The second-order valence-corrected chi connectivity index (χ2v) is 5.10. The summed E-state index contributed by atoms with van der Waals surface area (Å²) in [5.74, 6) is 0. The molecule has 0 radical (unpaired) electrons. The van der Waals surface area contributed by atoms with E-state index in [-0.39, 0.29) is 12.6 Å². The monoisotopic (exact) mass is 285 g/mol. The Labute approximate surface area is 126 Å². The van der Waals surface area contributed by atoms with Crippen LogP contribution in [-0.4, -0.2) is 11.7 Å². The zero-order chi connectivity index (χ0) is 15.1. The van der Waals surface area contributed by atoms with Gasteiger partial charge in [0.1, 0.15) is 0 Å². The molecule has 112 valence electrons. The molecule has 2 aromatic carbocycles. The number of aliphatic hydroxyl groups excluding tert-OH is 1. The van der Waals surface area contributed by atoms with Crippen molar-refractivity contribution in [3.63, 3.8) is 0 Å². The predicted octanol–water partition coefficient (Wildman–Crippen LogP) is 3.89. The molecule has 1 atom stereocenters. The number of ether oxygens (including phenoxy) is 1. The van der Waals surface area contributed by atoms with Gasteiger partial charge in [0.2, 0.25) is 0 Å². The van der Waals surface area contributed by atoms with Crippen LogP contribution in [0, 0.1) is 0 Å². The highest BCUT2D eigenvalue weighted by atomic mass is 16.5. The summed E-state index contributed by atoms with van der Waals surface area (Å²) in [7, 11) is 0. The summed E-state index contributed by atoms with van der Waals surface area (Å²) in [4.78, 5) is 0. The largest absolute Gasteiger partial charge is 0.392 e. The minimum Gasteiger partial charge on any atom is -0.392 e. The van der Waals surface area contributed by atoms with E-state index in [1.807, 2.05) is 25.1 Å². The van der Waals surface area contributed by atoms with E-state index in [9.17, 15) is 5.11 Å². The molecule has 2 aromatic rings. The zero-order valence-electron chi connectivity index (χ0n) is 12.7. The van der Waals surface area contributed by atoms with Crippen LogP contribution < -0.4 is 5.32 Å². The summed E-state index contributed by atoms with van der Waals surface area (Å²) in [6.07, 6.45) is 0.